The molecule has 25 heavy (non-hydrogen) atoms. The van der Waals surface area contributed by atoms with Crippen molar-refractivity contribution in [3.63, 3.8) is 0 Å². The lowest BCUT2D eigenvalue weighted by Gasteiger charge is -2.16. The van der Waals surface area contributed by atoms with Gasteiger partial charge in [-0.3, -0.25) is 4.79 Å². The Hall–Kier alpha value is -2.65. The number of phenols is 1. The van der Waals surface area contributed by atoms with Gasteiger partial charge in [0.2, 0.25) is 10.0 Å². The Morgan fingerprint density at radius 1 is 1.24 bits per heavy atom. The molecule has 2 aromatic rings. The van der Waals surface area contributed by atoms with Crippen LogP contribution >= 0.6 is 0 Å². The molecule has 0 atom stereocenters. The Labute approximate surface area is 145 Å². The second-order valence-electron chi connectivity index (χ2n) is 5.70. The molecule has 0 aliphatic carbocycles. The minimum atomic E-state index is -3.67. The van der Waals surface area contributed by atoms with Crippen molar-refractivity contribution in [2.24, 2.45) is 0 Å². The maximum absolute atomic E-state index is 12.6. The van der Waals surface area contributed by atoms with Crippen LogP contribution in [0.4, 0.5) is 5.69 Å². The predicted molar refractivity (Wildman–Crippen MR) is 89.5 cm³/mol. The summed E-state index contributed by atoms with van der Waals surface area (Å²) in [6.07, 6.45) is 3.93. The number of pyridine rings is 1. The van der Waals surface area contributed by atoms with E-state index < -0.39 is 15.9 Å². The van der Waals surface area contributed by atoms with Gasteiger partial charge in [0.15, 0.2) is 12.4 Å². The number of rotatable bonds is 4. The molecule has 2 N–H and O–H groups in total. The van der Waals surface area contributed by atoms with Gasteiger partial charge < -0.3 is 15.6 Å². The van der Waals surface area contributed by atoms with Crippen molar-refractivity contribution in [1.29, 1.82) is 0 Å². The second-order valence-corrected chi connectivity index (χ2v) is 7.63. The highest BCUT2D eigenvalue weighted by Gasteiger charge is 2.28. The molecule has 0 spiro atoms. The molecule has 0 bridgehead atoms. The fourth-order valence-electron chi connectivity index (χ4n) is 2.64. The number of aromatic nitrogens is 1. The number of sulfonamides is 1. The highest BCUT2D eigenvalue weighted by Crippen LogP contribution is 2.29. The average Bonchev–Trinajstić information content (AvgIpc) is 3.12. The summed E-state index contributed by atoms with van der Waals surface area (Å²) >= 11 is 0. The van der Waals surface area contributed by atoms with Crippen molar-refractivity contribution in [3.05, 3.63) is 53.5 Å². The quantitative estimate of drug-likeness (QED) is 0.479. The molecule has 3 rings (SSSR count). The predicted octanol–water partition coefficient (Wildman–Crippen LogP) is 1.06. The molecule has 2 heterocycles. The largest absolute Gasteiger partial charge is 0.619 e. The molecule has 1 saturated heterocycles. The molecule has 0 unspecified atom stereocenters. The van der Waals surface area contributed by atoms with Gasteiger partial charge in [-0.15, -0.1) is 0 Å². The van der Waals surface area contributed by atoms with Crippen molar-refractivity contribution in [3.8, 4) is 5.75 Å². The molecule has 8 nitrogen and oxygen atoms in total. The third-order valence-corrected chi connectivity index (χ3v) is 5.85. The van der Waals surface area contributed by atoms with Gasteiger partial charge in [0.05, 0.1) is 10.6 Å². The normalized spacial score (nSPS) is 15.2. The van der Waals surface area contributed by atoms with E-state index in [1.54, 1.807) is 0 Å². The van der Waals surface area contributed by atoms with E-state index in [0.29, 0.717) is 17.8 Å². The van der Waals surface area contributed by atoms with Crippen LogP contribution in [0, 0.1) is 5.21 Å². The first-order valence-corrected chi connectivity index (χ1v) is 9.15. The van der Waals surface area contributed by atoms with E-state index in [4.69, 9.17) is 0 Å². The summed E-state index contributed by atoms with van der Waals surface area (Å²) < 4.78 is 27.0. The average molecular weight is 363 g/mol. The standard InChI is InChI=1S/C16H17N3O5S/c20-15-6-5-13(25(23,24)19-8-1-2-9-19)10-14(15)17-16(21)12-4-3-7-18(22)11-12/h3-7,10-11,20H,1-2,8-9H2,(H,17,21). The number of phenolic OH excluding ortho intramolecular Hbond substituents is 1. The summed E-state index contributed by atoms with van der Waals surface area (Å²) in [5.74, 6) is -0.893. The van der Waals surface area contributed by atoms with Gasteiger partial charge in [-0.1, -0.05) is 0 Å². The molecule has 1 aliphatic heterocycles. The Morgan fingerprint density at radius 2 is 1.96 bits per heavy atom. The number of amides is 1. The van der Waals surface area contributed by atoms with E-state index in [9.17, 15) is 23.5 Å². The van der Waals surface area contributed by atoms with E-state index in [-0.39, 0.29) is 21.9 Å². The molecule has 1 aromatic carbocycles. The number of aromatic hydroxyl groups is 1. The highest BCUT2D eigenvalue weighted by molar-refractivity contribution is 7.89. The number of benzene rings is 1. The van der Waals surface area contributed by atoms with Gasteiger partial charge in [-0.05, 0) is 37.1 Å². The van der Waals surface area contributed by atoms with Gasteiger partial charge in [-0.25, -0.2) is 8.42 Å². The van der Waals surface area contributed by atoms with Gasteiger partial charge >= 0.3 is 0 Å². The SMILES string of the molecule is O=C(Nc1cc(S(=O)(=O)N2CCCC2)ccc1O)c1ccc[n+]([O-])c1. The van der Waals surface area contributed by atoms with Crippen LogP contribution in [0.15, 0.2) is 47.6 Å². The molecule has 1 fully saturated rings. The zero-order valence-electron chi connectivity index (χ0n) is 13.3. The van der Waals surface area contributed by atoms with Gasteiger partial charge in [0.1, 0.15) is 11.3 Å². The van der Waals surface area contributed by atoms with Crippen LogP contribution in [0.25, 0.3) is 0 Å². The summed E-state index contributed by atoms with van der Waals surface area (Å²) in [7, 11) is -3.67. The Balaban J connectivity index is 1.88. The van der Waals surface area contributed by atoms with Crippen LogP contribution in [0.5, 0.6) is 5.75 Å². The first-order chi connectivity index (χ1) is 11.9. The molecule has 9 heteroatoms. The molecule has 0 saturated carbocycles. The lowest BCUT2D eigenvalue weighted by molar-refractivity contribution is -0.605. The lowest BCUT2D eigenvalue weighted by Crippen LogP contribution is -2.28. The van der Waals surface area contributed by atoms with Gasteiger partial charge in [-0.2, -0.15) is 9.04 Å². The number of hydrogen-bond donors (Lipinski definition) is 2. The van der Waals surface area contributed by atoms with E-state index in [2.05, 4.69) is 5.32 Å². The zero-order valence-corrected chi connectivity index (χ0v) is 14.1. The summed E-state index contributed by atoms with van der Waals surface area (Å²) in [6, 6.07) is 6.58. The molecule has 132 valence electrons. The topological polar surface area (TPSA) is 114 Å². The Morgan fingerprint density at radius 3 is 2.64 bits per heavy atom. The minimum absolute atomic E-state index is 0.00514. The third-order valence-electron chi connectivity index (χ3n) is 3.96. The first-order valence-electron chi connectivity index (χ1n) is 7.71. The van der Waals surface area contributed by atoms with Crippen molar-refractivity contribution >= 4 is 21.6 Å². The van der Waals surface area contributed by atoms with Crippen LogP contribution in [0.3, 0.4) is 0 Å². The Bertz CT molecular complexity index is 908. The van der Waals surface area contributed by atoms with E-state index in [1.165, 1.54) is 40.8 Å². The van der Waals surface area contributed by atoms with E-state index in [0.717, 1.165) is 19.0 Å². The van der Waals surface area contributed by atoms with E-state index >= 15 is 0 Å². The number of anilines is 1. The molecule has 1 aromatic heterocycles. The summed E-state index contributed by atoms with van der Waals surface area (Å²) in [6.45, 7) is 0.914. The van der Waals surface area contributed by atoms with Gasteiger partial charge in [0, 0.05) is 19.2 Å². The third kappa shape index (κ3) is 3.57. The second kappa shape index (κ2) is 6.69. The summed E-state index contributed by atoms with van der Waals surface area (Å²) in [4.78, 5) is 12.2. The molecule has 0 radical (unpaired) electrons. The molecule has 1 amide bonds. The maximum atomic E-state index is 12.6. The number of nitrogens with one attached hydrogen (secondary N) is 1. The van der Waals surface area contributed by atoms with Gasteiger partial charge in [0.25, 0.3) is 5.91 Å². The highest BCUT2D eigenvalue weighted by atomic mass is 32.2. The number of hydrogen-bond acceptors (Lipinski definition) is 5. The van der Waals surface area contributed by atoms with Crippen molar-refractivity contribution in [2.45, 2.75) is 17.7 Å². The zero-order chi connectivity index (χ0) is 18.0. The molecular formula is C16H17N3O5S. The van der Waals surface area contributed by atoms with Crippen LogP contribution in [-0.4, -0.2) is 36.8 Å². The fourth-order valence-corrected chi connectivity index (χ4v) is 4.18. The fraction of sp³-hybridized carbons (Fsp3) is 0.250. The van der Waals surface area contributed by atoms with Crippen molar-refractivity contribution < 1.29 is 23.0 Å². The Kier molecular flexibility index (Phi) is 4.60. The van der Waals surface area contributed by atoms with Crippen LogP contribution < -0.4 is 10.0 Å². The number of carbonyl (C=O) groups excluding carboxylic acids is 1. The maximum Gasteiger partial charge on any atom is 0.261 e. The van der Waals surface area contributed by atoms with Crippen LogP contribution in [0.1, 0.15) is 23.2 Å². The van der Waals surface area contributed by atoms with Crippen LogP contribution in [0.2, 0.25) is 0 Å². The number of nitrogens with zero attached hydrogens (tertiary/aromatic N) is 2. The number of carbonyl (C=O) groups is 1. The smallest absolute Gasteiger partial charge is 0.261 e. The first kappa shape index (κ1) is 17.2. The minimum Gasteiger partial charge on any atom is -0.619 e. The van der Waals surface area contributed by atoms with Crippen molar-refractivity contribution in [2.75, 3.05) is 18.4 Å². The van der Waals surface area contributed by atoms with E-state index in [1.807, 2.05) is 0 Å². The molecule has 1 aliphatic rings. The lowest BCUT2D eigenvalue weighted by atomic mass is 10.2. The summed E-state index contributed by atoms with van der Waals surface area (Å²) in [5.41, 5.74) is 0.0521. The summed E-state index contributed by atoms with van der Waals surface area (Å²) in [5, 5.41) is 23.6. The van der Waals surface area contributed by atoms with Crippen molar-refractivity contribution in [1.82, 2.24) is 4.31 Å². The molecular weight excluding hydrogens is 346 g/mol. The van der Waals surface area contributed by atoms with Crippen LogP contribution in [-0.2, 0) is 10.0 Å². The monoisotopic (exact) mass is 363 g/mol.